The standard InChI is InChI=1S/C14H18N2O/c17-13-8-14(10-15-13)6-7-16(11-14)9-12-4-2-1-3-5-12/h1-5H,6-11H2,(H,15,17). The Morgan fingerprint density at radius 3 is 2.82 bits per heavy atom. The lowest BCUT2D eigenvalue weighted by Crippen LogP contribution is -2.28. The Morgan fingerprint density at radius 1 is 1.29 bits per heavy atom. The molecule has 3 rings (SSSR count). The minimum absolute atomic E-state index is 0.228. The monoisotopic (exact) mass is 230 g/mol. The first-order valence-corrected chi connectivity index (χ1v) is 6.29. The molecule has 2 fully saturated rings. The Labute approximate surface area is 102 Å². The van der Waals surface area contributed by atoms with E-state index in [9.17, 15) is 4.79 Å². The molecule has 90 valence electrons. The summed E-state index contributed by atoms with van der Waals surface area (Å²) in [6, 6.07) is 10.6. The van der Waals surface area contributed by atoms with Gasteiger partial charge in [-0.15, -0.1) is 0 Å². The lowest BCUT2D eigenvalue weighted by Gasteiger charge is -2.21. The second-order valence-electron chi connectivity index (χ2n) is 5.40. The number of hydrogen-bond acceptors (Lipinski definition) is 2. The molecule has 3 heteroatoms. The van der Waals surface area contributed by atoms with Crippen LogP contribution in [0.15, 0.2) is 30.3 Å². The Bertz CT molecular complexity index is 417. The van der Waals surface area contributed by atoms with Gasteiger partial charge in [-0.3, -0.25) is 9.69 Å². The molecular formula is C14H18N2O. The summed E-state index contributed by atoms with van der Waals surface area (Å²) in [4.78, 5) is 13.8. The highest BCUT2D eigenvalue weighted by Crippen LogP contribution is 2.36. The van der Waals surface area contributed by atoms with Crippen LogP contribution in [0, 0.1) is 5.41 Å². The summed E-state index contributed by atoms with van der Waals surface area (Å²) in [5, 5.41) is 2.97. The third-order valence-corrected chi connectivity index (χ3v) is 3.96. The highest BCUT2D eigenvalue weighted by molar-refractivity contribution is 5.79. The van der Waals surface area contributed by atoms with E-state index < -0.39 is 0 Å². The van der Waals surface area contributed by atoms with Gasteiger partial charge in [-0.25, -0.2) is 0 Å². The van der Waals surface area contributed by atoms with Crippen LogP contribution in [0.4, 0.5) is 0 Å². The van der Waals surface area contributed by atoms with Gasteiger partial charge in [-0.05, 0) is 18.5 Å². The molecule has 1 spiro atoms. The molecule has 2 heterocycles. The van der Waals surface area contributed by atoms with Crippen LogP contribution in [0.25, 0.3) is 0 Å². The molecule has 2 aliphatic rings. The molecule has 3 nitrogen and oxygen atoms in total. The van der Waals surface area contributed by atoms with Crippen molar-refractivity contribution >= 4 is 5.91 Å². The zero-order chi connectivity index (χ0) is 11.7. The average molecular weight is 230 g/mol. The number of hydrogen-bond donors (Lipinski definition) is 1. The normalized spacial score (nSPS) is 28.8. The van der Waals surface area contributed by atoms with Crippen molar-refractivity contribution in [2.45, 2.75) is 19.4 Å². The van der Waals surface area contributed by atoms with Gasteiger partial charge in [0.15, 0.2) is 0 Å². The predicted molar refractivity (Wildman–Crippen MR) is 66.4 cm³/mol. The van der Waals surface area contributed by atoms with Crippen LogP contribution >= 0.6 is 0 Å². The topological polar surface area (TPSA) is 32.3 Å². The largest absolute Gasteiger partial charge is 0.355 e. The van der Waals surface area contributed by atoms with E-state index in [4.69, 9.17) is 0 Å². The van der Waals surface area contributed by atoms with E-state index in [0.717, 1.165) is 39.0 Å². The van der Waals surface area contributed by atoms with Gasteiger partial charge in [0.1, 0.15) is 0 Å². The lowest BCUT2D eigenvalue weighted by molar-refractivity contribution is -0.119. The average Bonchev–Trinajstić information content (AvgIpc) is 2.88. The van der Waals surface area contributed by atoms with E-state index in [1.807, 2.05) is 0 Å². The lowest BCUT2D eigenvalue weighted by atomic mass is 9.86. The summed E-state index contributed by atoms with van der Waals surface area (Å²) in [6.45, 7) is 4.05. The highest BCUT2D eigenvalue weighted by Gasteiger charge is 2.43. The van der Waals surface area contributed by atoms with Gasteiger partial charge in [0, 0.05) is 31.5 Å². The smallest absolute Gasteiger partial charge is 0.220 e. The molecule has 17 heavy (non-hydrogen) atoms. The van der Waals surface area contributed by atoms with E-state index in [-0.39, 0.29) is 11.3 Å². The van der Waals surface area contributed by atoms with Crippen LogP contribution in [0.3, 0.4) is 0 Å². The van der Waals surface area contributed by atoms with E-state index in [1.54, 1.807) is 0 Å². The van der Waals surface area contributed by atoms with Crippen molar-refractivity contribution < 1.29 is 4.79 Å². The predicted octanol–water partition coefficient (Wildman–Crippen LogP) is 1.40. The molecule has 1 aromatic carbocycles. The van der Waals surface area contributed by atoms with E-state index in [0.29, 0.717) is 0 Å². The number of rotatable bonds is 2. The number of nitrogens with zero attached hydrogens (tertiary/aromatic N) is 1. The van der Waals surface area contributed by atoms with Crippen LogP contribution < -0.4 is 5.32 Å². The fourth-order valence-corrected chi connectivity index (χ4v) is 3.04. The molecule has 0 aromatic heterocycles. The maximum Gasteiger partial charge on any atom is 0.220 e. The quantitative estimate of drug-likeness (QED) is 0.833. The maximum absolute atomic E-state index is 11.3. The van der Waals surface area contributed by atoms with Crippen molar-refractivity contribution in [1.82, 2.24) is 10.2 Å². The van der Waals surface area contributed by atoms with Gasteiger partial charge >= 0.3 is 0 Å². The van der Waals surface area contributed by atoms with Crippen molar-refractivity contribution in [2.75, 3.05) is 19.6 Å². The number of likely N-dealkylation sites (tertiary alicyclic amines) is 1. The first kappa shape index (κ1) is 10.8. The Hall–Kier alpha value is -1.35. The molecule has 1 unspecified atom stereocenters. The number of nitrogens with one attached hydrogen (secondary N) is 1. The van der Waals surface area contributed by atoms with Crippen molar-refractivity contribution in [1.29, 1.82) is 0 Å². The van der Waals surface area contributed by atoms with Crippen molar-refractivity contribution in [2.24, 2.45) is 5.41 Å². The van der Waals surface area contributed by atoms with E-state index in [1.165, 1.54) is 5.56 Å². The molecule has 0 radical (unpaired) electrons. The minimum Gasteiger partial charge on any atom is -0.355 e. The van der Waals surface area contributed by atoms with Crippen molar-refractivity contribution in [3.63, 3.8) is 0 Å². The zero-order valence-electron chi connectivity index (χ0n) is 9.98. The molecule has 0 aliphatic carbocycles. The second-order valence-corrected chi connectivity index (χ2v) is 5.40. The van der Waals surface area contributed by atoms with Gasteiger partial charge in [-0.2, -0.15) is 0 Å². The molecule has 1 atom stereocenters. The van der Waals surface area contributed by atoms with Crippen LogP contribution in [0.2, 0.25) is 0 Å². The molecule has 2 saturated heterocycles. The van der Waals surface area contributed by atoms with Gasteiger partial charge in [0.2, 0.25) is 5.91 Å². The van der Waals surface area contributed by atoms with Gasteiger partial charge in [0.05, 0.1) is 0 Å². The third kappa shape index (κ3) is 2.20. The fraction of sp³-hybridized carbons (Fsp3) is 0.500. The van der Waals surface area contributed by atoms with Crippen LogP contribution in [-0.4, -0.2) is 30.4 Å². The molecular weight excluding hydrogens is 212 g/mol. The second kappa shape index (κ2) is 4.15. The number of carbonyl (C=O) groups excluding carboxylic acids is 1. The minimum atomic E-state index is 0.228. The van der Waals surface area contributed by atoms with Crippen LogP contribution in [0.5, 0.6) is 0 Å². The van der Waals surface area contributed by atoms with Gasteiger partial charge in [0.25, 0.3) is 0 Å². The van der Waals surface area contributed by atoms with Crippen LogP contribution in [-0.2, 0) is 11.3 Å². The maximum atomic E-state index is 11.3. The first-order valence-electron chi connectivity index (χ1n) is 6.29. The summed E-state index contributed by atoms with van der Waals surface area (Å²) in [6.07, 6.45) is 1.87. The summed E-state index contributed by atoms with van der Waals surface area (Å²) in [7, 11) is 0. The molecule has 1 amide bonds. The Morgan fingerprint density at radius 2 is 2.12 bits per heavy atom. The number of amides is 1. The van der Waals surface area contributed by atoms with E-state index in [2.05, 4.69) is 40.5 Å². The Balaban J connectivity index is 1.63. The number of benzene rings is 1. The van der Waals surface area contributed by atoms with Crippen molar-refractivity contribution in [3.05, 3.63) is 35.9 Å². The molecule has 1 aromatic rings. The molecule has 1 N–H and O–H groups in total. The summed E-state index contributed by atoms with van der Waals surface area (Å²) in [5.74, 6) is 0.228. The van der Waals surface area contributed by atoms with Gasteiger partial charge < -0.3 is 5.32 Å². The fourth-order valence-electron chi connectivity index (χ4n) is 3.04. The summed E-state index contributed by atoms with van der Waals surface area (Å²) >= 11 is 0. The SMILES string of the molecule is O=C1CC2(CCN(Cc3ccccc3)C2)CN1. The molecule has 2 aliphatic heterocycles. The first-order chi connectivity index (χ1) is 8.26. The zero-order valence-corrected chi connectivity index (χ0v) is 9.98. The molecule has 0 bridgehead atoms. The highest BCUT2D eigenvalue weighted by atomic mass is 16.1. The van der Waals surface area contributed by atoms with Crippen LogP contribution in [0.1, 0.15) is 18.4 Å². The summed E-state index contributed by atoms with van der Waals surface area (Å²) in [5.41, 5.74) is 1.59. The van der Waals surface area contributed by atoms with Crippen molar-refractivity contribution in [3.8, 4) is 0 Å². The van der Waals surface area contributed by atoms with E-state index >= 15 is 0 Å². The number of carbonyl (C=O) groups is 1. The third-order valence-electron chi connectivity index (χ3n) is 3.96. The Kier molecular flexibility index (Phi) is 2.63. The summed E-state index contributed by atoms with van der Waals surface area (Å²) < 4.78 is 0. The molecule has 0 saturated carbocycles. The van der Waals surface area contributed by atoms with Gasteiger partial charge in [-0.1, -0.05) is 30.3 Å².